The lowest BCUT2D eigenvalue weighted by atomic mass is 10.2. The van der Waals surface area contributed by atoms with Gasteiger partial charge in [0.2, 0.25) is 0 Å². The summed E-state index contributed by atoms with van der Waals surface area (Å²) in [6.07, 6.45) is 2.05. The molecule has 4 nitrogen and oxygen atoms in total. The Morgan fingerprint density at radius 3 is 2.40 bits per heavy atom. The monoisotopic (exact) mass is 304 g/mol. The maximum Gasteiger partial charge on any atom is 0.185 e. The zero-order chi connectivity index (χ0) is 14.3. The Kier molecular flexibility index (Phi) is 3.40. The van der Waals surface area contributed by atoms with Crippen LogP contribution in [-0.2, 0) is 0 Å². The van der Waals surface area contributed by atoms with Crippen LogP contribution in [-0.4, -0.2) is 26.1 Å². The van der Waals surface area contributed by atoms with Gasteiger partial charge in [0.1, 0.15) is 0 Å². The van der Waals surface area contributed by atoms with E-state index in [1.165, 1.54) is 4.90 Å². The Morgan fingerprint density at radius 1 is 1.05 bits per heavy atom. The number of aromatic nitrogens is 4. The van der Waals surface area contributed by atoms with Crippen molar-refractivity contribution in [2.75, 3.05) is 6.26 Å². The average molecular weight is 305 g/mol. The first-order valence-electron chi connectivity index (χ1n) is 6.14. The highest BCUT2D eigenvalue weighted by Crippen LogP contribution is 2.25. The summed E-state index contributed by atoms with van der Waals surface area (Å²) in [5.41, 5.74) is 3.67. The minimum Gasteiger partial charge on any atom is -0.191 e. The molecular weight excluding hydrogens is 292 g/mol. The van der Waals surface area contributed by atoms with E-state index in [2.05, 4.69) is 33.7 Å². The van der Waals surface area contributed by atoms with E-state index >= 15 is 0 Å². The first-order chi connectivity index (χ1) is 9.61. The molecule has 0 spiro atoms. The van der Waals surface area contributed by atoms with E-state index in [1.807, 2.05) is 26.0 Å². The predicted molar refractivity (Wildman–Crippen MR) is 82.5 cm³/mol. The summed E-state index contributed by atoms with van der Waals surface area (Å²) in [4.78, 5) is 1.21. The largest absolute Gasteiger partial charge is 0.191 e. The van der Waals surface area contributed by atoms with Gasteiger partial charge in [0, 0.05) is 16.0 Å². The van der Waals surface area contributed by atoms with Crippen molar-refractivity contribution in [2.24, 2.45) is 0 Å². The standard InChI is InChI=1S/C14H13ClN4S/c1-8-9(2)13-16-17-14(19(13)18-12(8)15)10-4-6-11(20-3)7-5-10/h4-7H,1-3H3. The van der Waals surface area contributed by atoms with E-state index in [-0.39, 0.29) is 0 Å². The number of nitrogens with zero attached hydrogens (tertiary/aromatic N) is 4. The molecule has 0 unspecified atom stereocenters. The molecule has 0 radical (unpaired) electrons. The van der Waals surface area contributed by atoms with Crippen LogP contribution in [0.15, 0.2) is 29.2 Å². The number of aryl methyl sites for hydroxylation is 1. The predicted octanol–water partition coefficient (Wildman–Crippen LogP) is 3.78. The molecule has 0 saturated heterocycles. The van der Waals surface area contributed by atoms with Gasteiger partial charge in [0.05, 0.1) is 0 Å². The fourth-order valence-corrected chi connectivity index (χ4v) is 2.64. The number of hydrogen-bond acceptors (Lipinski definition) is 4. The summed E-state index contributed by atoms with van der Waals surface area (Å²) >= 11 is 7.87. The fourth-order valence-electron chi connectivity index (χ4n) is 2.01. The van der Waals surface area contributed by atoms with Crippen molar-refractivity contribution in [3.8, 4) is 11.4 Å². The highest BCUT2D eigenvalue weighted by Gasteiger charge is 2.14. The number of benzene rings is 1. The van der Waals surface area contributed by atoms with Crippen LogP contribution in [0.3, 0.4) is 0 Å². The van der Waals surface area contributed by atoms with Crippen molar-refractivity contribution in [2.45, 2.75) is 18.7 Å². The first kappa shape index (κ1) is 13.4. The summed E-state index contributed by atoms with van der Waals surface area (Å²) in [5.74, 6) is 0.706. The molecule has 20 heavy (non-hydrogen) atoms. The lowest BCUT2D eigenvalue weighted by Gasteiger charge is -2.05. The summed E-state index contributed by atoms with van der Waals surface area (Å²) in [5, 5.41) is 13.3. The molecule has 2 aromatic heterocycles. The Morgan fingerprint density at radius 2 is 1.75 bits per heavy atom. The van der Waals surface area contributed by atoms with Crippen LogP contribution in [0.5, 0.6) is 0 Å². The van der Waals surface area contributed by atoms with Crippen LogP contribution in [0.25, 0.3) is 17.0 Å². The second kappa shape index (κ2) is 5.07. The van der Waals surface area contributed by atoms with Crippen molar-refractivity contribution in [3.63, 3.8) is 0 Å². The van der Waals surface area contributed by atoms with E-state index in [0.717, 1.165) is 22.3 Å². The molecule has 0 bridgehead atoms. The third kappa shape index (κ3) is 2.07. The third-order valence-corrected chi connectivity index (χ3v) is 4.49. The van der Waals surface area contributed by atoms with Crippen molar-refractivity contribution in [3.05, 3.63) is 40.5 Å². The van der Waals surface area contributed by atoms with E-state index < -0.39 is 0 Å². The molecule has 0 aliphatic carbocycles. The van der Waals surface area contributed by atoms with Crippen LogP contribution >= 0.6 is 23.4 Å². The van der Waals surface area contributed by atoms with Crippen molar-refractivity contribution < 1.29 is 0 Å². The molecule has 0 atom stereocenters. The van der Waals surface area contributed by atoms with Gasteiger partial charge < -0.3 is 0 Å². The van der Waals surface area contributed by atoms with E-state index in [9.17, 15) is 0 Å². The number of rotatable bonds is 2. The van der Waals surface area contributed by atoms with Gasteiger partial charge in [-0.3, -0.25) is 0 Å². The highest BCUT2D eigenvalue weighted by atomic mass is 35.5. The van der Waals surface area contributed by atoms with Gasteiger partial charge >= 0.3 is 0 Å². The molecule has 0 amide bonds. The quantitative estimate of drug-likeness (QED) is 0.676. The molecule has 2 heterocycles. The van der Waals surface area contributed by atoms with Gasteiger partial charge in [-0.05, 0) is 37.8 Å². The molecular formula is C14H13ClN4S. The lowest BCUT2D eigenvalue weighted by molar-refractivity contribution is 0.919. The Hall–Kier alpha value is -1.59. The zero-order valence-electron chi connectivity index (χ0n) is 11.4. The second-order valence-electron chi connectivity index (χ2n) is 4.53. The highest BCUT2D eigenvalue weighted by molar-refractivity contribution is 7.98. The number of thioether (sulfide) groups is 1. The van der Waals surface area contributed by atoms with Gasteiger partial charge in [-0.25, -0.2) is 0 Å². The Labute approximate surface area is 126 Å². The minimum absolute atomic E-state index is 0.483. The zero-order valence-corrected chi connectivity index (χ0v) is 13.0. The molecule has 0 N–H and O–H groups in total. The molecule has 102 valence electrons. The Bertz CT molecular complexity index is 780. The van der Waals surface area contributed by atoms with Crippen molar-refractivity contribution in [1.82, 2.24) is 19.8 Å². The number of fused-ring (bicyclic) bond motifs is 1. The summed E-state index contributed by atoms with van der Waals surface area (Å²) in [6, 6.07) is 8.16. The maximum absolute atomic E-state index is 6.17. The van der Waals surface area contributed by atoms with Gasteiger partial charge in [-0.15, -0.1) is 22.0 Å². The summed E-state index contributed by atoms with van der Waals surface area (Å²) in [7, 11) is 0. The molecule has 1 aromatic carbocycles. The lowest BCUT2D eigenvalue weighted by Crippen LogP contribution is -2.00. The normalized spacial score (nSPS) is 11.2. The van der Waals surface area contributed by atoms with Crippen LogP contribution in [0, 0.1) is 13.8 Å². The van der Waals surface area contributed by atoms with Crippen molar-refractivity contribution >= 4 is 29.0 Å². The second-order valence-corrected chi connectivity index (χ2v) is 5.77. The van der Waals surface area contributed by atoms with Crippen LogP contribution < -0.4 is 0 Å². The van der Waals surface area contributed by atoms with Gasteiger partial charge in [-0.1, -0.05) is 23.7 Å². The van der Waals surface area contributed by atoms with Crippen molar-refractivity contribution in [1.29, 1.82) is 0 Å². The van der Waals surface area contributed by atoms with Crippen LogP contribution in [0.2, 0.25) is 5.15 Å². The van der Waals surface area contributed by atoms with E-state index in [4.69, 9.17) is 11.6 Å². The third-order valence-electron chi connectivity index (χ3n) is 3.38. The van der Waals surface area contributed by atoms with E-state index in [1.54, 1.807) is 16.3 Å². The van der Waals surface area contributed by atoms with Gasteiger partial charge in [0.25, 0.3) is 0 Å². The number of halogens is 1. The SMILES string of the molecule is CSc1ccc(-c2nnc3c(C)c(C)c(Cl)nn23)cc1. The minimum atomic E-state index is 0.483. The topological polar surface area (TPSA) is 43.1 Å². The molecule has 0 saturated carbocycles. The Balaban J connectivity index is 2.21. The van der Waals surface area contributed by atoms with Crippen LogP contribution in [0.1, 0.15) is 11.1 Å². The van der Waals surface area contributed by atoms with Gasteiger partial charge in [0.15, 0.2) is 16.6 Å². The summed E-state index contributed by atoms with van der Waals surface area (Å²) < 4.78 is 1.71. The number of hydrogen-bond donors (Lipinski definition) is 0. The molecule has 0 aliphatic heterocycles. The molecule has 3 rings (SSSR count). The van der Waals surface area contributed by atoms with Crippen LogP contribution in [0.4, 0.5) is 0 Å². The molecule has 3 aromatic rings. The van der Waals surface area contributed by atoms with E-state index in [0.29, 0.717) is 11.0 Å². The summed E-state index contributed by atoms with van der Waals surface area (Å²) in [6.45, 7) is 3.92. The smallest absolute Gasteiger partial charge is 0.185 e. The average Bonchev–Trinajstić information content (AvgIpc) is 2.89. The molecule has 6 heteroatoms. The fraction of sp³-hybridized carbons (Fsp3) is 0.214. The molecule has 0 aliphatic rings. The molecule has 0 fully saturated rings. The van der Waals surface area contributed by atoms with Gasteiger partial charge in [-0.2, -0.15) is 9.61 Å². The maximum atomic E-state index is 6.17. The first-order valence-corrected chi connectivity index (χ1v) is 7.74.